The fourth-order valence-corrected chi connectivity index (χ4v) is 1.93. The molecule has 0 spiro atoms. The second-order valence-electron chi connectivity index (χ2n) is 4.03. The molecule has 0 amide bonds. The molecule has 0 unspecified atom stereocenters. The maximum atomic E-state index is 13.2. The Bertz CT molecular complexity index is 714. The van der Waals surface area contributed by atoms with Crippen LogP contribution >= 0.6 is 15.9 Å². The van der Waals surface area contributed by atoms with Crippen LogP contribution in [0.1, 0.15) is 5.56 Å². The van der Waals surface area contributed by atoms with Crippen LogP contribution in [0.4, 0.5) is 8.78 Å². The van der Waals surface area contributed by atoms with Gasteiger partial charge < -0.3 is 9.84 Å². The SMILES string of the molecule is O=C(O)/C=C/c1cc(F)ccc1Oc1ccc(F)c(Br)c1. The molecule has 1 N–H and O–H groups in total. The predicted molar refractivity (Wildman–Crippen MR) is 77.2 cm³/mol. The van der Waals surface area contributed by atoms with Crippen LogP contribution in [0, 0.1) is 11.6 Å². The average molecular weight is 355 g/mol. The molecule has 0 aromatic heterocycles. The lowest BCUT2D eigenvalue weighted by Gasteiger charge is -2.09. The Hall–Kier alpha value is -2.21. The summed E-state index contributed by atoms with van der Waals surface area (Å²) in [5.74, 6) is -1.53. The first-order valence-corrected chi connectivity index (χ1v) is 6.58. The molecule has 0 atom stereocenters. The van der Waals surface area contributed by atoms with Gasteiger partial charge in [0.25, 0.3) is 0 Å². The van der Waals surface area contributed by atoms with Crippen molar-refractivity contribution in [3.8, 4) is 11.5 Å². The molecule has 0 bridgehead atoms. The molecule has 6 heteroatoms. The van der Waals surface area contributed by atoms with E-state index in [0.29, 0.717) is 5.75 Å². The van der Waals surface area contributed by atoms with Gasteiger partial charge in [-0.2, -0.15) is 0 Å². The van der Waals surface area contributed by atoms with Crippen molar-refractivity contribution in [2.75, 3.05) is 0 Å². The van der Waals surface area contributed by atoms with E-state index in [4.69, 9.17) is 9.84 Å². The number of hydrogen-bond acceptors (Lipinski definition) is 2. The van der Waals surface area contributed by atoms with Crippen LogP contribution in [0.15, 0.2) is 46.9 Å². The van der Waals surface area contributed by atoms with Crippen molar-refractivity contribution in [1.82, 2.24) is 0 Å². The predicted octanol–water partition coefficient (Wildman–Crippen LogP) is 4.62. The largest absolute Gasteiger partial charge is 0.478 e. The molecular formula is C15H9BrF2O3. The number of benzene rings is 2. The first-order valence-electron chi connectivity index (χ1n) is 5.79. The van der Waals surface area contributed by atoms with Gasteiger partial charge in [0.15, 0.2) is 0 Å². The molecule has 0 aliphatic heterocycles. The molecule has 21 heavy (non-hydrogen) atoms. The Kier molecular flexibility index (Phi) is 4.70. The van der Waals surface area contributed by atoms with Crippen LogP contribution in [0.2, 0.25) is 0 Å². The van der Waals surface area contributed by atoms with Crippen molar-refractivity contribution < 1.29 is 23.4 Å². The molecule has 0 heterocycles. The molecule has 0 radical (unpaired) electrons. The van der Waals surface area contributed by atoms with Gasteiger partial charge in [-0.25, -0.2) is 13.6 Å². The van der Waals surface area contributed by atoms with Crippen molar-refractivity contribution >= 4 is 28.0 Å². The van der Waals surface area contributed by atoms with Gasteiger partial charge in [-0.1, -0.05) is 0 Å². The number of halogens is 3. The molecule has 108 valence electrons. The zero-order chi connectivity index (χ0) is 15.4. The van der Waals surface area contributed by atoms with Crippen LogP contribution in [-0.2, 0) is 4.79 Å². The number of ether oxygens (including phenoxy) is 1. The highest BCUT2D eigenvalue weighted by molar-refractivity contribution is 9.10. The van der Waals surface area contributed by atoms with Crippen molar-refractivity contribution in [3.63, 3.8) is 0 Å². The molecule has 0 saturated carbocycles. The first kappa shape index (κ1) is 15.2. The lowest BCUT2D eigenvalue weighted by atomic mass is 10.2. The summed E-state index contributed by atoms with van der Waals surface area (Å²) in [7, 11) is 0. The number of rotatable bonds is 4. The number of aliphatic carboxylic acids is 1. The molecular weight excluding hydrogens is 346 g/mol. The third kappa shape index (κ3) is 4.13. The molecule has 2 aromatic rings. The standard InChI is InChI=1S/C15H9BrF2O3/c16-12-8-11(3-4-13(12)18)21-14-5-2-10(17)7-9(14)1-6-15(19)20/h1-8H,(H,19,20)/b6-1+. The van der Waals surface area contributed by atoms with Crippen LogP contribution in [0.5, 0.6) is 11.5 Å². The number of carboxylic acids is 1. The summed E-state index contributed by atoms with van der Waals surface area (Å²) < 4.78 is 32.1. The summed E-state index contributed by atoms with van der Waals surface area (Å²) in [4.78, 5) is 10.5. The molecule has 2 aromatic carbocycles. The summed E-state index contributed by atoms with van der Waals surface area (Å²) in [5, 5.41) is 8.62. The Labute approximate surface area is 127 Å². The van der Waals surface area contributed by atoms with E-state index in [-0.39, 0.29) is 15.8 Å². The Morgan fingerprint density at radius 1 is 1.19 bits per heavy atom. The average Bonchev–Trinajstić information content (AvgIpc) is 2.43. The zero-order valence-electron chi connectivity index (χ0n) is 10.5. The number of carboxylic acid groups (broad SMARTS) is 1. The van der Waals surface area contributed by atoms with Crippen LogP contribution in [0.3, 0.4) is 0 Å². The normalized spacial score (nSPS) is 10.8. The van der Waals surface area contributed by atoms with E-state index in [1.165, 1.54) is 36.4 Å². The molecule has 0 aliphatic carbocycles. The van der Waals surface area contributed by atoms with Gasteiger partial charge in [0, 0.05) is 11.6 Å². The van der Waals surface area contributed by atoms with Crippen molar-refractivity contribution in [2.24, 2.45) is 0 Å². The first-order chi connectivity index (χ1) is 9.95. The monoisotopic (exact) mass is 354 g/mol. The van der Waals surface area contributed by atoms with Crippen LogP contribution < -0.4 is 4.74 Å². The molecule has 0 aliphatic rings. The van der Waals surface area contributed by atoms with Gasteiger partial charge in [0.1, 0.15) is 23.1 Å². The maximum Gasteiger partial charge on any atom is 0.328 e. The van der Waals surface area contributed by atoms with E-state index >= 15 is 0 Å². The Balaban J connectivity index is 2.34. The van der Waals surface area contributed by atoms with Crippen molar-refractivity contribution in [3.05, 3.63) is 64.1 Å². The van der Waals surface area contributed by atoms with Crippen LogP contribution in [0.25, 0.3) is 6.08 Å². The minimum absolute atomic E-state index is 0.227. The molecule has 0 fully saturated rings. The Morgan fingerprint density at radius 2 is 1.95 bits per heavy atom. The third-order valence-electron chi connectivity index (χ3n) is 2.50. The Morgan fingerprint density at radius 3 is 2.62 bits per heavy atom. The maximum absolute atomic E-state index is 13.2. The van der Waals surface area contributed by atoms with E-state index in [1.807, 2.05) is 0 Å². The fourth-order valence-electron chi connectivity index (χ4n) is 1.57. The van der Waals surface area contributed by atoms with Crippen molar-refractivity contribution in [1.29, 1.82) is 0 Å². The summed E-state index contributed by atoms with van der Waals surface area (Å²) in [6.45, 7) is 0. The summed E-state index contributed by atoms with van der Waals surface area (Å²) >= 11 is 3.03. The lowest BCUT2D eigenvalue weighted by molar-refractivity contribution is -0.131. The summed E-state index contributed by atoms with van der Waals surface area (Å²) in [6.07, 6.45) is 2.10. The number of hydrogen-bond donors (Lipinski definition) is 1. The smallest absolute Gasteiger partial charge is 0.328 e. The van der Waals surface area contributed by atoms with Crippen LogP contribution in [-0.4, -0.2) is 11.1 Å². The quantitative estimate of drug-likeness (QED) is 0.815. The highest BCUT2D eigenvalue weighted by atomic mass is 79.9. The highest BCUT2D eigenvalue weighted by Gasteiger charge is 2.07. The lowest BCUT2D eigenvalue weighted by Crippen LogP contribution is -1.91. The third-order valence-corrected chi connectivity index (χ3v) is 3.10. The molecule has 2 rings (SSSR count). The second-order valence-corrected chi connectivity index (χ2v) is 4.89. The van der Waals surface area contributed by atoms with E-state index in [9.17, 15) is 13.6 Å². The van der Waals surface area contributed by atoms with Gasteiger partial charge >= 0.3 is 5.97 Å². The fraction of sp³-hybridized carbons (Fsp3) is 0. The van der Waals surface area contributed by atoms with Crippen molar-refractivity contribution in [2.45, 2.75) is 0 Å². The van der Waals surface area contributed by atoms with E-state index in [1.54, 1.807) is 0 Å². The number of carbonyl (C=O) groups is 1. The van der Waals surface area contributed by atoms with E-state index < -0.39 is 17.6 Å². The van der Waals surface area contributed by atoms with Gasteiger partial charge in [0.05, 0.1) is 4.47 Å². The topological polar surface area (TPSA) is 46.5 Å². The minimum atomic E-state index is -1.16. The molecule has 3 nitrogen and oxygen atoms in total. The summed E-state index contributed by atoms with van der Waals surface area (Å²) in [5.41, 5.74) is 0.262. The second kappa shape index (κ2) is 6.49. The highest BCUT2D eigenvalue weighted by Crippen LogP contribution is 2.29. The zero-order valence-corrected chi connectivity index (χ0v) is 12.1. The van der Waals surface area contributed by atoms with E-state index in [0.717, 1.165) is 12.1 Å². The minimum Gasteiger partial charge on any atom is -0.478 e. The van der Waals surface area contributed by atoms with Gasteiger partial charge in [0.2, 0.25) is 0 Å². The van der Waals surface area contributed by atoms with Gasteiger partial charge in [-0.15, -0.1) is 0 Å². The van der Waals surface area contributed by atoms with Gasteiger partial charge in [-0.05, 0) is 58.4 Å². The van der Waals surface area contributed by atoms with Gasteiger partial charge in [-0.3, -0.25) is 0 Å². The molecule has 0 saturated heterocycles. The summed E-state index contributed by atoms with van der Waals surface area (Å²) in [6, 6.07) is 7.75. The van der Waals surface area contributed by atoms with E-state index in [2.05, 4.69) is 15.9 Å².